The molecule has 6 nitrogen and oxygen atoms in total. The van der Waals surface area contributed by atoms with E-state index in [0.29, 0.717) is 30.8 Å². The molecule has 1 N–H and O–H groups in total. The first-order valence-corrected chi connectivity index (χ1v) is 10.4. The molecule has 0 spiro atoms. The van der Waals surface area contributed by atoms with Crippen molar-refractivity contribution in [2.24, 2.45) is 0 Å². The Kier molecular flexibility index (Phi) is 5.88. The number of carbonyl (C=O) groups is 1. The monoisotopic (exact) mass is 373 g/mol. The van der Waals surface area contributed by atoms with Crippen LogP contribution in [0.5, 0.6) is 0 Å². The summed E-state index contributed by atoms with van der Waals surface area (Å²) >= 11 is 0. The number of nitrogens with zero attached hydrogens (tertiary/aromatic N) is 2. The summed E-state index contributed by atoms with van der Waals surface area (Å²) in [5.74, 6) is 0.148. The Bertz CT molecular complexity index is 836. The molecule has 1 saturated heterocycles. The molecule has 0 atom stereocenters. The summed E-state index contributed by atoms with van der Waals surface area (Å²) in [5, 5.41) is 2.86. The van der Waals surface area contributed by atoms with E-state index in [2.05, 4.69) is 10.3 Å². The van der Waals surface area contributed by atoms with Gasteiger partial charge in [0.1, 0.15) is 0 Å². The van der Waals surface area contributed by atoms with Crippen LogP contribution in [0.3, 0.4) is 0 Å². The molecule has 0 saturated carbocycles. The number of sulfonamides is 1. The van der Waals surface area contributed by atoms with Crippen LogP contribution >= 0.6 is 0 Å². The molecular weight excluding hydrogens is 350 g/mol. The number of amides is 1. The molecular formula is C19H23N3O3S. The van der Waals surface area contributed by atoms with Gasteiger partial charge in [-0.15, -0.1) is 0 Å². The van der Waals surface area contributed by atoms with Crippen LogP contribution in [0.25, 0.3) is 0 Å². The van der Waals surface area contributed by atoms with Crippen LogP contribution in [0.2, 0.25) is 0 Å². The minimum atomic E-state index is -3.21. The molecule has 0 bridgehead atoms. The number of benzene rings is 1. The fraction of sp³-hybridized carbons (Fsp3) is 0.368. The van der Waals surface area contributed by atoms with Gasteiger partial charge in [-0.1, -0.05) is 6.07 Å². The molecule has 0 unspecified atom stereocenters. The van der Waals surface area contributed by atoms with Gasteiger partial charge >= 0.3 is 0 Å². The van der Waals surface area contributed by atoms with E-state index in [0.717, 1.165) is 24.8 Å². The van der Waals surface area contributed by atoms with Crippen LogP contribution in [0, 0.1) is 0 Å². The van der Waals surface area contributed by atoms with Crippen LogP contribution in [-0.2, 0) is 21.2 Å². The second kappa shape index (κ2) is 8.31. The van der Waals surface area contributed by atoms with Gasteiger partial charge in [0.2, 0.25) is 15.9 Å². The molecule has 0 radical (unpaired) electrons. The Morgan fingerprint density at radius 3 is 2.65 bits per heavy atom. The molecule has 1 aromatic carbocycles. The molecule has 1 fully saturated rings. The van der Waals surface area contributed by atoms with Crippen molar-refractivity contribution in [2.75, 3.05) is 21.9 Å². The van der Waals surface area contributed by atoms with Gasteiger partial charge in [-0.05, 0) is 61.6 Å². The minimum Gasteiger partial charge on any atom is -0.326 e. The lowest BCUT2D eigenvalue weighted by atomic mass is 10.1. The van der Waals surface area contributed by atoms with Gasteiger partial charge in [0.15, 0.2) is 0 Å². The van der Waals surface area contributed by atoms with Crippen LogP contribution < -0.4 is 9.62 Å². The number of rotatable bonds is 6. The van der Waals surface area contributed by atoms with Crippen molar-refractivity contribution in [3.05, 3.63) is 54.4 Å². The smallest absolute Gasteiger partial charge is 0.235 e. The zero-order valence-corrected chi connectivity index (χ0v) is 15.4. The van der Waals surface area contributed by atoms with Gasteiger partial charge in [0, 0.05) is 31.0 Å². The van der Waals surface area contributed by atoms with Crippen molar-refractivity contribution in [1.82, 2.24) is 4.98 Å². The zero-order valence-electron chi connectivity index (χ0n) is 14.6. The predicted molar refractivity (Wildman–Crippen MR) is 103 cm³/mol. The van der Waals surface area contributed by atoms with E-state index in [-0.39, 0.29) is 11.7 Å². The maximum atomic E-state index is 12.1. The van der Waals surface area contributed by atoms with Crippen LogP contribution in [0.1, 0.15) is 31.2 Å². The molecule has 2 heterocycles. The normalized spacial score (nSPS) is 16.2. The van der Waals surface area contributed by atoms with Crippen molar-refractivity contribution in [1.29, 1.82) is 0 Å². The number of anilines is 2. The summed E-state index contributed by atoms with van der Waals surface area (Å²) in [4.78, 5) is 16.1. The highest BCUT2D eigenvalue weighted by Crippen LogP contribution is 2.25. The van der Waals surface area contributed by atoms with Gasteiger partial charge in [-0.2, -0.15) is 0 Å². The Hall–Kier alpha value is -2.41. The Labute approximate surface area is 154 Å². The van der Waals surface area contributed by atoms with Crippen molar-refractivity contribution < 1.29 is 13.2 Å². The summed E-state index contributed by atoms with van der Waals surface area (Å²) in [6.45, 7) is 0.516. The second-order valence-electron chi connectivity index (χ2n) is 6.41. The van der Waals surface area contributed by atoms with Gasteiger partial charge in [-0.3, -0.25) is 14.1 Å². The molecule has 0 aliphatic carbocycles. The summed E-state index contributed by atoms with van der Waals surface area (Å²) in [6, 6.07) is 10.9. The molecule has 7 heteroatoms. The molecule has 1 aliphatic heterocycles. The third-order valence-corrected chi connectivity index (χ3v) is 6.25. The van der Waals surface area contributed by atoms with E-state index >= 15 is 0 Å². The summed E-state index contributed by atoms with van der Waals surface area (Å²) in [6.07, 6.45) is 7.12. The number of hydrogen-bond donors (Lipinski definition) is 1. The molecule has 1 aliphatic rings. The average Bonchev–Trinajstić information content (AvgIpc) is 2.63. The number of carbonyl (C=O) groups excluding carboxylic acids is 1. The van der Waals surface area contributed by atoms with Gasteiger partial charge in [0.05, 0.1) is 11.4 Å². The second-order valence-corrected chi connectivity index (χ2v) is 8.42. The number of pyridine rings is 1. The van der Waals surface area contributed by atoms with E-state index in [1.165, 1.54) is 4.31 Å². The Morgan fingerprint density at radius 2 is 1.96 bits per heavy atom. The molecule has 2 aromatic rings. The average molecular weight is 373 g/mol. The lowest BCUT2D eigenvalue weighted by molar-refractivity contribution is -0.116. The van der Waals surface area contributed by atoms with Crippen molar-refractivity contribution in [3.63, 3.8) is 0 Å². The number of aromatic nitrogens is 1. The maximum Gasteiger partial charge on any atom is 0.235 e. The van der Waals surface area contributed by atoms with E-state index in [9.17, 15) is 13.2 Å². The highest BCUT2D eigenvalue weighted by molar-refractivity contribution is 7.92. The van der Waals surface area contributed by atoms with E-state index < -0.39 is 10.0 Å². The molecule has 1 aromatic heterocycles. The third-order valence-electron chi connectivity index (χ3n) is 4.38. The quantitative estimate of drug-likeness (QED) is 0.844. The largest absolute Gasteiger partial charge is 0.326 e. The zero-order chi connectivity index (χ0) is 18.4. The Balaban J connectivity index is 1.51. The van der Waals surface area contributed by atoms with Crippen molar-refractivity contribution in [3.8, 4) is 0 Å². The number of hydrogen-bond acceptors (Lipinski definition) is 4. The van der Waals surface area contributed by atoms with E-state index in [4.69, 9.17) is 0 Å². The molecule has 138 valence electrons. The maximum absolute atomic E-state index is 12.1. The molecule has 3 rings (SSSR count). The molecule has 1 amide bonds. The predicted octanol–water partition coefficient (Wildman–Crippen LogP) is 2.97. The van der Waals surface area contributed by atoms with E-state index in [1.54, 1.807) is 30.5 Å². The highest BCUT2D eigenvalue weighted by atomic mass is 32.2. The standard InChI is InChI=1S/C19H23N3O3S/c23-19(7-3-5-16-6-4-12-20-15-16)21-17-8-10-18(11-9-17)22-13-1-2-14-26(22,24)25/h4,6,8-12,15H,1-3,5,7,13-14H2,(H,21,23). The van der Waals surface area contributed by atoms with Gasteiger partial charge in [-0.25, -0.2) is 8.42 Å². The van der Waals surface area contributed by atoms with E-state index in [1.807, 2.05) is 18.3 Å². The van der Waals surface area contributed by atoms with Crippen molar-refractivity contribution in [2.45, 2.75) is 32.1 Å². The van der Waals surface area contributed by atoms with Gasteiger partial charge in [0.25, 0.3) is 0 Å². The fourth-order valence-electron chi connectivity index (χ4n) is 3.01. The Morgan fingerprint density at radius 1 is 1.15 bits per heavy atom. The van der Waals surface area contributed by atoms with Crippen LogP contribution in [-0.4, -0.2) is 31.6 Å². The van der Waals surface area contributed by atoms with Crippen LogP contribution in [0.4, 0.5) is 11.4 Å². The lowest BCUT2D eigenvalue weighted by Crippen LogP contribution is -2.37. The number of nitrogens with one attached hydrogen (secondary N) is 1. The van der Waals surface area contributed by atoms with Gasteiger partial charge < -0.3 is 5.32 Å². The number of aryl methyl sites for hydroxylation is 1. The SMILES string of the molecule is O=C(CCCc1cccnc1)Nc1ccc(N2CCCCS2(=O)=O)cc1. The summed E-state index contributed by atoms with van der Waals surface area (Å²) in [5.41, 5.74) is 2.45. The summed E-state index contributed by atoms with van der Waals surface area (Å²) < 4.78 is 25.7. The first-order chi connectivity index (χ1) is 12.5. The topological polar surface area (TPSA) is 79.4 Å². The lowest BCUT2D eigenvalue weighted by Gasteiger charge is -2.28. The highest BCUT2D eigenvalue weighted by Gasteiger charge is 2.25. The fourth-order valence-corrected chi connectivity index (χ4v) is 4.65. The van der Waals surface area contributed by atoms with Crippen LogP contribution in [0.15, 0.2) is 48.8 Å². The first-order valence-electron chi connectivity index (χ1n) is 8.84. The summed E-state index contributed by atoms with van der Waals surface area (Å²) in [7, 11) is -3.21. The minimum absolute atomic E-state index is 0.0489. The third kappa shape index (κ3) is 4.82. The van der Waals surface area contributed by atoms with Crippen molar-refractivity contribution >= 4 is 27.3 Å². The molecule has 26 heavy (non-hydrogen) atoms. The first kappa shape index (κ1) is 18.4.